The second-order valence-corrected chi connectivity index (χ2v) is 6.73. The SMILES string of the molecule is O=c1[nH]ccc(-c2noc(C(F)(F)F)n2)c1Cc1ccccc1Cc1ccccc1. The number of benzene rings is 2. The summed E-state index contributed by atoms with van der Waals surface area (Å²) in [6.45, 7) is 0. The van der Waals surface area contributed by atoms with Crippen LogP contribution in [0.3, 0.4) is 0 Å². The van der Waals surface area contributed by atoms with Crippen molar-refractivity contribution in [1.29, 1.82) is 0 Å². The number of nitrogens with one attached hydrogen (secondary N) is 1. The molecule has 0 aliphatic rings. The molecule has 8 heteroatoms. The fourth-order valence-corrected chi connectivity index (χ4v) is 3.25. The van der Waals surface area contributed by atoms with E-state index in [0.717, 1.165) is 16.7 Å². The topological polar surface area (TPSA) is 71.8 Å². The highest BCUT2D eigenvalue weighted by Gasteiger charge is 2.38. The Hall–Kier alpha value is -3.68. The van der Waals surface area contributed by atoms with Crippen molar-refractivity contribution in [3.8, 4) is 11.4 Å². The first-order valence-corrected chi connectivity index (χ1v) is 9.14. The molecule has 0 bridgehead atoms. The molecule has 0 radical (unpaired) electrons. The van der Waals surface area contributed by atoms with Crippen LogP contribution in [0.2, 0.25) is 0 Å². The maximum atomic E-state index is 12.8. The van der Waals surface area contributed by atoms with Gasteiger partial charge in [-0.15, -0.1) is 0 Å². The standard InChI is InChI=1S/C22H16F3N3O2/c23-22(24,25)21-27-19(28-30-21)17-10-11-26-20(29)18(17)13-16-9-5-4-8-15(16)12-14-6-2-1-3-7-14/h1-11H,12-13H2,(H,26,29). The Kier molecular flexibility index (Phi) is 5.22. The summed E-state index contributed by atoms with van der Waals surface area (Å²) in [5, 5.41) is 3.43. The highest BCUT2D eigenvalue weighted by Crippen LogP contribution is 2.30. The number of rotatable bonds is 5. The van der Waals surface area contributed by atoms with Crippen LogP contribution >= 0.6 is 0 Å². The normalized spacial score (nSPS) is 11.6. The van der Waals surface area contributed by atoms with Crippen LogP contribution in [0, 0.1) is 0 Å². The van der Waals surface area contributed by atoms with Gasteiger partial charge in [0, 0.05) is 23.7 Å². The highest BCUT2D eigenvalue weighted by molar-refractivity contribution is 5.60. The number of alkyl halides is 3. The smallest absolute Gasteiger partial charge is 0.329 e. The van der Waals surface area contributed by atoms with Crippen molar-refractivity contribution >= 4 is 0 Å². The van der Waals surface area contributed by atoms with E-state index in [9.17, 15) is 18.0 Å². The second-order valence-electron chi connectivity index (χ2n) is 6.73. The number of nitrogens with zero attached hydrogens (tertiary/aromatic N) is 2. The maximum absolute atomic E-state index is 12.8. The average Bonchev–Trinajstić information content (AvgIpc) is 3.22. The molecule has 0 saturated carbocycles. The lowest BCUT2D eigenvalue weighted by Gasteiger charge is -2.11. The summed E-state index contributed by atoms with van der Waals surface area (Å²) in [6.07, 6.45) is -2.53. The molecule has 2 heterocycles. The summed E-state index contributed by atoms with van der Waals surface area (Å²) >= 11 is 0. The van der Waals surface area contributed by atoms with Crippen LogP contribution in [0.5, 0.6) is 0 Å². The van der Waals surface area contributed by atoms with E-state index in [1.165, 1.54) is 12.3 Å². The first-order valence-electron chi connectivity index (χ1n) is 9.14. The third-order valence-corrected chi connectivity index (χ3v) is 4.70. The lowest BCUT2D eigenvalue weighted by atomic mass is 9.94. The summed E-state index contributed by atoms with van der Waals surface area (Å²) in [5.74, 6) is -1.72. The predicted molar refractivity (Wildman–Crippen MR) is 104 cm³/mol. The van der Waals surface area contributed by atoms with Gasteiger partial charge in [0.15, 0.2) is 0 Å². The van der Waals surface area contributed by atoms with Crippen molar-refractivity contribution in [3.63, 3.8) is 0 Å². The van der Waals surface area contributed by atoms with Crippen molar-refractivity contribution in [1.82, 2.24) is 15.1 Å². The third-order valence-electron chi connectivity index (χ3n) is 4.70. The van der Waals surface area contributed by atoms with Crippen molar-refractivity contribution in [2.24, 2.45) is 0 Å². The number of halogens is 3. The zero-order chi connectivity index (χ0) is 21.1. The summed E-state index contributed by atoms with van der Waals surface area (Å²) in [6, 6.07) is 19.0. The van der Waals surface area contributed by atoms with Crippen LogP contribution < -0.4 is 5.56 Å². The molecule has 0 atom stereocenters. The van der Waals surface area contributed by atoms with E-state index in [1.807, 2.05) is 54.6 Å². The van der Waals surface area contributed by atoms with E-state index in [0.29, 0.717) is 6.42 Å². The minimum atomic E-state index is -4.76. The zero-order valence-electron chi connectivity index (χ0n) is 15.6. The number of hydrogen-bond acceptors (Lipinski definition) is 4. The van der Waals surface area contributed by atoms with Crippen molar-refractivity contribution in [2.75, 3.05) is 0 Å². The summed E-state index contributed by atoms with van der Waals surface area (Å²) in [5.41, 5.74) is 3.07. The molecule has 4 aromatic rings. The molecular weight excluding hydrogens is 395 g/mol. The van der Waals surface area contributed by atoms with Gasteiger partial charge in [0.2, 0.25) is 5.82 Å². The molecular formula is C22H16F3N3O2. The van der Waals surface area contributed by atoms with E-state index in [1.54, 1.807) is 0 Å². The van der Waals surface area contributed by atoms with Crippen LogP contribution in [-0.2, 0) is 19.0 Å². The fraction of sp³-hybridized carbons (Fsp3) is 0.136. The Morgan fingerprint density at radius 2 is 1.57 bits per heavy atom. The Bertz CT molecular complexity index is 1210. The minimum absolute atomic E-state index is 0.201. The van der Waals surface area contributed by atoms with Crippen LogP contribution in [-0.4, -0.2) is 15.1 Å². The van der Waals surface area contributed by atoms with Crippen LogP contribution in [0.4, 0.5) is 13.2 Å². The number of aromatic nitrogens is 3. The molecule has 0 aliphatic carbocycles. The Morgan fingerprint density at radius 1 is 0.900 bits per heavy atom. The molecule has 0 saturated heterocycles. The molecule has 2 aromatic heterocycles. The molecule has 0 unspecified atom stereocenters. The lowest BCUT2D eigenvalue weighted by molar-refractivity contribution is -0.159. The van der Waals surface area contributed by atoms with E-state index < -0.39 is 17.6 Å². The van der Waals surface area contributed by atoms with Gasteiger partial charge in [-0.3, -0.25) is 4.79 Å². The van der Waals surface area contributed by atoms with Gasteiger partial charge in [-0.05, 0) is 29.2 Å². The minimum Gasteiger partial charge on any atom is -0.329 e. The third kappa shape index (κ3) is 4.17. The maximum Gasteiger partial charge on any atom is 0.471 e. The monoisotopic (exact) mass is 411 g/mol. The molecule has 0 spiro atoms. The second kappa shape index (κ2) is 7.98. The molecule has 152 valence electrons. The average molecular weight is 411 g/mol. The predicted octanol–water partition coefficient (Wildman–Crippen LogP) is 4.63. The van der Waals surface area contributed by atoms with Crippen molar-refractivity contribution in [2.45, 2.75) is 19.0 Å². The van der Waals surface area contributed by atoms with Crippen LogP contribution in [0.1, 0.15) is 28.1 Å². The highest BCUT2D eigenvalue weighted by atomic mass is 19.4. The molecule has 1 N–H and O–H groups in total. The molecule has 4 rings (SSSR count). The number of hydrogen-bond donors (Lipinski definition) is 1. The van der Waals surface area contributed by atoms with E-state index in [4.69, 9.17) is 0 Å². The van der Waals surface area contributed by atoms with Gasteiger partial charge in [-0.2, -0.15) is 18.2 Å². The van der Waals surface area contributed by atoms with Crippen molar-refractivity contribution in [3.05, 3.63) is 105 Å². The summed E-state index contributed by atoms with van der Waals surface area (Å²) < 4.78 is 42.9. The van der Waals surface area contributed by atoms with Gasteiger partial charge in [-0.25, -0.2) is 0 Å². The Morgan fingerprint density at radius 3 is 2.23 bits per heavy atom. The largest absolute Gasteiger partial charge is 0.471 e. The van der Waals surface area contributed by atoms with Crippen molar-refractivity contribution < 1.29 is 17.7 Å². The first kappa shape index (κ1) is 19.6. The van der Waals surface area contributed by atoms with E-state index in [2.05, 4.69) is 19.6 Å². The molecule has 0 aliphatic heterocycles. The number of aromatic amines is 1. The molecule has 0 amide bonds. The Balaban J connectivity index is 1.72. The van der Waals surface area contributed by atoms with E-state index in [-0.39, 0.29) is 23.4 Å². The quantitative estimate of drug-likeness (QED) is 0.520. The van der Waals surface area contributed by atoms with E-state index >= 15 is 0 Å². The van der Waals surface area contributed by atoms with Gasteiger partial charge >= 0.3 is 12.1 Å². The number of pyridine rings is 1. The molecule has 30 heavy (non-hydrogen) atoms. The first-order chi connectivity index (χ1) is 14.4. The van der Waals surface area contributed by atoms with Crippen LogP contribution in [0.25, 0.3) is 11.4 Å². The Labute approximate surface area is 169 Å². The zero-order valence-corrected chi connectivity index (χ0v) is 15.6. The molecule has 5 nitrogen and oxygen atoms in total. The fourth-order valence-electron chi connectivity index (χ4n) is 3.25. The molecule has 2 aromatic carbocycles. The van der Waals surface area contributed by atoms with Crippen LogP contribution in [0.15, 0.2) is 76.2 Å². The lowest BCUT2D eigenvalue weighted by Crippen LogP contribution is -2.15. The van der Waals surface area contributed by atoms with Gasteiger partial charge in [0.05, 0.1) is 0 Å². The van der Waals surface area contributed by atoms with Gasteiger partial charge in [-0.1, -0.05) is 59.8 Å². The van der Waals surface area contributed by atoms with Gasteiger partial charge in [0.1, 0.15) is 0 Å². The number of H-pyrrole nitrogens is 1. The summed E-state index contributed by atoms with van der Waals surface area (Å²) in [4.78, 5) is 18.5. The summed E-state index contributed by atoms with van der Waals surface area (Å²) in [7, 11) is 0. The van der Waals surface area contributed by atoms with Gasteiger partial charge < -0.3 is 9.51 Å². The molecule has 0 fully saturated rings. The van der Waals surface area contributed by atoms with Gasteiger partial charge in [0.25, 0.3) is 5.56 Å².